The Morgan fingerprint density at radius 1 is 0.438 bits per heavy atom. The van der Waals surface area contributed by atoms with Gasteiger partial charge >= 0.3 is 0 Å². The lowest BCUT2D eigenvalue weighted by Gasteiger charge is -2.12. The molecule has 0 atom stereocenters. The minimum atomic E-state index is -4.38. The van der Waals surface area contributed by atoms with Gasteiger partial charge in [-0.3, -0.25) is 13.9 Å². The predicted molar refractivity (Wildman–Crippen MR) is 337 cm³/mol. The fourth-order valence-electron chi connectivity index (χ4n) is 8.86. The molecule has 0 aliphatic rings. The molecule has 9 rings (SSSR count). The van der Waals surface area contributed by atoms with Crippen molar-refractivity contribution in [1.82, 2.24) is 0 Å². The summed E-state index contributed by atoms with van der Waals surface area (Å²) in [5.74, 6) is -0.0995. The van der Waals surface area contributed by atoms with E-state index in [2.05, 4.69) is 56.5 Å². The molecule has 9 aromatic carbocycles. The number of hydrogen-bond donors (Lipinski definition) is 5. The highest BCUT2D eigenvalue weighted by Crippen LogP contribution is 2.43. The zero-order chi connectivity index (χ0) is 63.4. The molecule has 0 bridgehead atoms. The van der Waals surface area contributed by atoms with Crippen molar-refractivity contribution >= 4 is 110 Å². The van der Waals surface area contributed by atoms with E-state index in [1.165, 1.54) is 32.4 Å². The van der Waals surface area contributed by atoms with E-state index < -0.39 is 38.5 Å². The number of benzene rings is 9. The van der Waals surface area contributed by atoms with Gasteiger partial charge in [0.15, 0.2) is 5.75 Å². The number of methoxy groups -OCH3 is 2. The van der Waals surface area contributed by atoms with Crippen molar-refractivity contribution in [2.24, 2.45) is 51.1 Å². The maximum Gasteiger partial charge on any atom is 0.268 e. The molecule has 9 aromatic rings. The lowest BCUT2D eigenvalue weighted by atomic mass is 10.1. The molecule has 0 aromatic heterocycles. The number of aryl methyl sites for hydroxylation is 4. The van der Waals surface area contributed by atoms with E-state index in [-0.39, 0.29) is 53.2 Å². The molecule has 24 nitrogen and oxygen atoms in total. The fraction of sp³-hybridized carbons (Fsp3) is 0.190. The van der Waals surface area contributed by atoms with Gasteiger partial charge in [-0.25, -0.2) is 0 Å². The van der Waals surface area contributed by atoms with Gasteiger partial charge in [-0.15, -0.1) is 20.5 Å². The summed E-state index contributed by atoms with van der Waals surface area (Å²) in [6, 6.07) is 40.6. The Kier molecular flexibility index (Phi) is 19.8. The largest absolute Gasteiger partial charge is 0.508 e. The van der Waals surface area contributed by atoms with Crippen LogP contribution < -0.4 is 24.3 Å². The number of aromatic hydroxyl groups is 2. The van der Waals surface area contributed by atoms with E-state index in [9.17, 15) is 36.4 Å². The second-order valence-electron chi connectivity index (χ2n) is 20.2. The van der Waals surface area contributed by atoms with Gasteiger partial charge in [-0.1, -0.05) is 18.2 Å². The number of nitrogens with zero attached hydrogens (tertiary/aromatic N) is 10. The third-order valence-corrected chi connectivity index (χ3v) is 15.1. The van der Waals surface area contributed by atoms with Crippen LogP contribution in [0.15, 0.2) is 197 Å². The smallest absolute Gasteiger partial charge is 0.268 e. The zero-order valence-electron chi connectivity index (χ0n) is 48.9. The minimum Gasteiger partial charge on any atom is -0.508 e. The average molecular weight is 1240 g/mol. The van der Waals surface area contributed by atoms with Crippen LogP contribution in [-0.4, -0.2) is 81.0 Å². The van der Waals surface area contributed by atoms with E-state index in [1.54, 1.807) is 123 Å². The van der Waals surface area contributed by atoms with Gasteiger partial charge in [0, 0.05) is 34.2 Å². The van der Waals surface area contributed by atoms with Crippen molar-refractivity contribution in [1.29, 1.82) is 0 Å². The van der Waals surface area contributed by atoms with Gasteiger partial charge in [0.25, 0.3) is 26.1 Å². The van der Waals surface area contributed by atoms with Crippen molar-refractivity contribution in [2.75, 3.05) is 44.3 Å². The summed E-state index contributed by atoms with van der Waals surface area (Å²) >= 11 is 0. The fourth-order valence-corrected chi connectivity index (χ4v) is 9.72. The van der Waals surface area contributed by atoms with E-state index >= 15 is 0 Å². The van der Waals surface area contributed by atoms with Crippen molar-refractivity contribution in [3.05, 3.63) is 173 Å². The van der Waals surface area contributed by atoms with Crippen molar-refractivity contribution in [3.8, 4) is 34.5 Å². The number of phenolic OH excluding ortho intramolecular Hbond substituents is 2. The third kappa shape index (κ3) is 16.8. The molecule has 0 saturated heterocycles. The zero-order valence-corrected chi connectivity index (χ0v) is 50.5. The number of ether oxygens (including phenoxy) is 4. The molecule has 0 radical (unpaired) electrons. The Hall–Kier alpha value is -10.4. The second-order valence-corrected chi connectivity index (χ2v) is 23.4. The van der Waals surface area contributed by atoms with Crippen LogP contribution in [-0.2, 0) is 20.2 Å². The maximum atomic E-state index is 13.5. The first-order chi connectivity index (χ1) is 42.6. The number of anilines is 1. The number of nitrogens with one attached hydrogen (secondary N) is 1. The van der Waals surface area contributed by atoms with Crippen molar-refractivity contribution in [2.45, 2.75) is 40.5 Å². The van der Waals surface area contributed by atoms with Crippen LogP contribution in [0.1, 0.15) is 45.5 Å². The summed E-state index contributed by atoms with van der Waals surface area (Å²) in [4.78, 5) is 13.5. The number of carbonyl (C=O) groups is 1. The maximum absolute atomic E-state index is 13.5. The molecule has 0 unspecified atom stereocenters. The number of rotatable bonds is 24. The molecule has 5 N–H and O–H groups in total. The second kappa shape index (κ2) is 28.0. The van der Waals surface area contributed by atoms with Gasteiger partial charge in [-0.2, -0.15) is 47.5 Å². The summed E-state index contributed by atoms with van der Waals surface area (Å²) in [6.45, 7) is 7.05. The van der Waals surface area contributed by atoms with Crippen molar-refractivity contribution in [3.63, 3.8) is 0 Å². The van der Waals surface area contributed by atoms with Crippen LogP contribution in [0.25, 0.3) is 21.5 Å². The van der Waals surface area contributed by atoms with Gasteiger partial charge in [0.05, 0.1) is 60.7 Å². The Balaban J connectivity index is 0.871. The number of unbranched alkanes of at least 4 members (excludes halogenated alkanes) is 1. The van der Waals surface area contributed by atoms with Crippen LogP contribution >= 0.6 is 0 Å². The molecule has 0 spiro atoms. The van der Waals surface area contributed by atoms with Crippen LogP contribution in [0.2, 0.25) is 0 Å². The molecule has 0 aliphatic carbocycles. The molecule has 456 valence electrons. The highest BCUT2D eigenvalue weighted by molar-refractivity contribution is 7.86. The topological polar surface area (TPSA) is 339 Å². The normalized spacial score (nSPS) is 12.2. The Labute approximate surface area is 511 Å². The Morgan fingerprint density at radius 2 is 0.944 bits per heavy atom. The summed E-state index contributed by atoms with van der Waals surface area (Å²) in [6.07, 6.45) is 0.688. The molecular formula is C63H59N11O13S2. The van der Waals surface area contributed by atoms with Crippen LogP contribution in [0.5, 0.6) is 34.5 Å². The first-order valence-corrected chi connectivity index (χ1v) is 30.6. The van der Waals surface area contributed by atoms with Gasteiger partial charge < -0.3 is 34.5 Å². The summed E-state index contributed by atoms with van der Waals surface area (Å²) < 4.78 is 87.0. The van der Waals surface area contributed by atoms with E-state index in [0.717, 1.165) is 10.8 Å². The Morgan fingerprint density at radius 3 is 1.58 bits per heavy atom. The number of amides is 1. The predicted octanol–water partition coefficient (Wildman–Crippen LogP) is 17.3. The SMILES string of the molecule is COc1cc(C(=O)Nc2ccc3c(OCCCCS(=O)(=O)O)cccc3c2)ccc1N=Nc1cc(OC)c(N=Nc2cc(OCCS(=O)(=O)O)c(N=Nc3cc(C)c(N=Nc4ccc5cc(/N=N/c6ccc(O)cc6)ccc5c4O)cc3C)cc2C)cc1C. The van der Waals surface area contributed by atoms with Crippen LogP contribution in [0, 0.1) is 27.7 Å². The number of carbonyl (C=O) groups excluding carboxylic acids is 1. The molecule has 26 heteroatoms. The summed E-state index contributed by atoms with van der Waals surface area (Å²) in [5, 5.41) is 70.6. The number of hydrogen-bond acceptors (Lipinski definition) is 21. The first kappa shape index (κ1) is 63.1. The molecule has 0 heterocycles. The van der Waals surface area contributed by atoms with Crippen molar-refractivity contribution < 1.29 is 59.9 Å². The summed E-state index contributed by atoms with van der Waals surface area (Å²) in [7, 11) is -5.51. The van der Waals surface area contributed by atoms with E-state index in [0.29, 0.717) is 108 Å². The molecule has 0 saturated carbocycles. The highest BCUT2D eigenvalue weighted by atomic mass is 32.2. The van der Waals surface area contributed by atoms with E-state index in [4.69, 9.17) is 23.5 Å². The molecular weight excluding hydrogens is 1180 g/mol. The monoisotopic (exact) mass is 1240 g/mol. The standard InChI is InChI=1S/C63H59N11O13S2/c1-37-29-53(38(2)28-52(37)69-68-51-23-12-42-33-46(17-21-49(42)62(51)76)66-65-44-14-18-47(75)19-15-44)70-74-57-31-40(4)55(36-61(57)87-25-27-89(81,82)83)72-73-56-30-39(3)54(35-60(56)85-6)71-67-50-22-13-43(34-59(50)84-5)63(77)64-45-16-20-48-41(32-45)10-9-11-58(48)86-24-7-8-26-88(78,79)80/h9-23,28-36,75-76H,7-8,24-27H2,1-6H3,(H,64,77)(H,78,79,80)(H,81,82,83)/b66-65+,69-68?,71-67?,73-72?,74-70?. The number of fused-ring (bicyclic) bond motifs is 2. The molecule has 0 aliphatic heterocycles. The molecule has 1 amide bonds. The minimum absolute atomic E-state index is 0.0666. The van der Waals surface area contributed by atoms with E-state index in [1.807, 2.05) is 32.0 Å². The molecule has 89 heavy (non-hydrogen) atoms. The van der Waals surface area contributed by atoms with Gasteiger partial charge in [0.1, 0.15) is 63.9 Å². The van der Waals surface area contributed by atoms with Crippen LogP contribution in [0.4, 0.5) is 62.6 Å². The summed E-state index contributed by atoms with van der Waals surface area (Å²) in [5.41, 5.74) is 7.51. The highest BCUT2D eigenvalue weighted by Gasteiger charge is 2.17. The lowest BCUT2D eigenvalue weighted by Crippen LogP contribution is -2.12. The first-order valence-electron chi connectivity index (χ1n) is 27.4. The Bertz CT molecular complexity index is 4560. The van der Waals surface area contributed by atoms with Gasteiger partial charge in [0.2, 0.25) is 0 Å². The lowest BCUT2D eigenvalue weighted by molar-refractivity contribution is 0.102. The molecule has 0 fully saturated rings. The number of azo groups is 5. The number of phenols is 2. The van der Waals surface area contributed by atoms with Gasteiger partial charge in [-0.05, 0) is 189 Å². The quantitative estimate of drug-likeness (QED) is 0.0214. The third-order valence-electron chi connectivity index (χ3n) is 13.6. The van der Waals surface area contributed by atoms with Crippen LogP contribution in [0.3, 0.4) is 0 Å². The average Bonchev–Trinajstić information content (AvgIpc) is 1.85.